The number of aryl methyl sites for hydroxylation is 1. The predicted octanol–water partition coefficient (Wildman–Crippen LogP) is 5.79. The zero-order chi connectivity index (χ0) is 22.5. The molecule has 7 heteroatoms. The molecule has 2 heterocycles. The van der Waals surface area contributed by atoms with Crippen molar-refractivity contribution in [2.45, 2.75) is 13.3 Å². The molecule has 1 N–H and O–H groups in total. The number of hydrogen-bond acceptors (Lipinski definition) is 4. The molecule has 0 aliphatic heterocycles. The second-order valence-corrected chi connectivity index (χ2v) is 8.03. The fourth-order valence-electron chi connectivity index (χ4n) is 3.37. The predicted molar refractivity (Wildman–Crippen MR) is 128 cm³/mol. The SMILES string of the molecule is Cc1nc(-c2cccnc2)nc(-c2ccc(Cl)c(Cl)c2)c1C(=O)NCCc1ccccc1. The largest absolute Gasteiger partial charge is 0.352 e. The number of halogens is 2. The molecule has 160 valence electrons. The molecule has 0 fully saturated rings. The Morgan fingerprint density at radius 2 is 1.75 bits per heavy atom. The number of nitrogens with zero attached hydrogens (tertiary/aromatic N) is 3. The summed E-state index contributed by atoms with van der Waals surface area (Å²) >= 11 is 12.4. The zero-order valence-corrected chi connectivity index (χ0v) is 18.9. The topological polar surface area (TPSA) is 67.8 Å². The van der Waals surface area contributed by atoms with Gasteiger partial charge in [0.1, 0.15) is 0 Å². The maximum atomic E-state index is 13.2. The molecule has 4 rings (SSSR count). The van der Waals surface area contributed by atoms with Crippen molar-refractivity contribution < 1.29 is 4.79 Å². The number of hydrogen-bond donors (Lipinski definition) is 1. The zero-order valence-electron chi connectivity index (χ0n) is 17.3. The molecule has 4 aromatic rings. The molecule has 0 spiro atoms. The van der Waals surface area contributed by atoms with Gasteiger partial charge in [-0.2, -0.15) is 0 Å². The highest BCUT2D eigenvalue weighted by Crippen LogP contribution is 2.31. The van der Waals surface area contributed by atoms with Crippen LogP contribution < -0.4 is 5.32 Å². The van der Waals surface area contributed by atoms with Gasteiger partial charge in [-0.3, -0.25) is 9.78 Å². The molecule has 0 saturated carbocycles. The van der Waals surface area contributed by atoms with Crippen LogP contribution in [-0.4, -0.2) is 27.4 Å². The summed E-state index contributed by atoms with van der Waals surface area (Å²) in [4.78, 5) is 26.6. The number of pyridine rings is 1. The van der Waals surface area contributed by atoms with E-state index in [0.717, 1.165) is 17.5 Å². The van der Waals surface area contributed by atoms with Crippen LogP contribution >= 0.6 is 23.2 Å². The fourth-order valence-corrected chi connectivity index (χ4v) is 3.67. The number of benzene rings is 2. The van der Waals surface area contributed by atoms with Gasteiger partial charge in [-0.05, 0) is 43.2 Å². The van der Waals surface area contributed by atoms with Gasteiger partial charge >= 0.3 is 0 Å². The molecular weight excluding hydrogens is 443 g/mol. The van der Waals surface area contributed by atoms with Gasteiger partial charge in [0, 0.05) is 30.1 Å². The van der Waals surface area contributed by atoms with Crippen molar-refractivity contribution in [2.75, 3.05) is 6.54 Å². The molecule has 2 aromatic heterocycles. The Balaban J connectivity index is 1.71. The number of rotatable bonds is 6. The van der Waals surface area contributed by atoms with Crippen molar-refractivity contribution in [2.24, 2.45) is 0 Å². The van der Waals surface area contributed by atoms with Crippen molar-refractivity contribution >= 4 is 29.1 Å². The van der Waals surface area contributed by atoms with Gasteiger partial charge in [-0.15, -0.1) is 0 Å². The average Bonchev–Trinajstić information content (AvgIpc) is 2.81. The summed E-state index contributed by atoms with van der Waals surface area (Å²) in [5.74, 6) is 0.245. The van der Waals surface area contributed by atoms with E-state index < -0.39 is 0 Å². The highest BCUT2D eigenvalue weighted by Gasteiger charge is 2.21. The van der Waals surface area contributed by atoms with Gasteiger partial charge in [0.25, 0.3) is 5.91 Å². The van der Waals surface area contributed by atoms with E-state index in [2.05, 4.69) is 15.3 Å². The second-order valence-electron chi connectivity index (χ2n) is 7.22. The van der Waals surface area contributed by atoms with E-state index in [0.29, 0.717) is 44.9 Å². The van der Waals surface area contributed by atoms with Crippen molar-refractivity contribution in [3.8, 4) is 22.6 Å². The van der Waals surface area contributed by atoms with E-state index in [4.69, 9.17) is 28.2 Å². The van der Waals surface area contributed by atoms with Gasteiger partial charge in [0.05, 0.1) is 27.0 Å². The first-order chi connectivity index (χ1) is 15.5. The minimum Gasteiger partial charge on any atom is -0.352 e. The van der Waals surface area contributed by atoms with Crippen LogP contribution in [0.3, 0.4) is 0 Å². The lowest BCUT2D eigenvalue weighted by Gasteiger charge is -2.14. The van der Waals surface area contributed by atoms with Crippen LogP contribution in [0, 0.1) is 6.92 Å². The standard InChI is InChI=1S/C25H20Cl2N4O/c1-16-22(25(32)29-13-11-17-6-3-2-4-7-17)23(18-9-10-20(26)21(27)14-18)31-24(30-16)19-8-5-12-28-15-19/h2-10,12,14-15H,11,13H2,1H3,(H,29,32). The summed E-state index contributed by atoms with van der Waals surface area (Å²) in [5, 5.41) is 3.81. The Bertz CT molecular complexity index is 1250. The van der Waals surface area contributed by atoms with E-state index >= 15 is 0 Å². The first kappa shape index (κ1) is 21.9. The Morgan fingerprint density at radius 1 is 0.938 bits per heavy atom. The first-order valence-corrected chi connectivity index (χ1v) is 10.8. The third kappa shape index (κ3) is 4.96. The number of amides is 1. The molecule has 0 aliphatic rings. The monoisotopic (exact) mass is 462 g/mol. The maximum Gasteiger partial charge on any atom is 0.255 e. The molecule has 2 aromatic carbocycles. The normalized spacial score (nSPS) is 10.7. The second kappa shape index (κ2) is 9.90. The summed E-state index contributed by atoms with van der Waals surface area (Å²) in [6.07, 6.45) is 4.10. The van der Waals surface area contributed by atoms with Crippen molar-refractivity contribution in [3.63, 3.8) is 0 Å². The van der Waals surface area contributed by atoms with E-state index in [1.807, 2.05) is 42.5 Å². The van der Waals surface area contributed by atoms with Crippen molar-refractivity contribution in [3.05, 3.63) is 99.9 Å². The van der Waals surface area contributed by atoms with E-state index in [1.165, 1.54) is 0 Å². The van der Waals surface area contributed by atoms with Gasteiger partial charge in [0.15, 0.2) is 5.82 Å². The van der Waals surface area contributed by atoms with E-state index in [-0.39, 0.29) is 5.91 Å². The van der Waals surface area contributed by atoms with Gasteiger partial charge in [-0.25, -0.2) is 9.97 Å². The molecule has 0 aliphatic carbocycles. The molecule has 0 saturated heterocycles. The van der Waals surface area contributed by atoms with Crippen molar-refractivity contribution in [1.29, 1.82) is 0 Å². The summed E-state index contributed by atoms with van der Waals surface area (Å²) in [7, 11) is 0. The Kier molecular flexibility index (Phi) is 6.78. The Labute approximate surface area is 196 Å². The number of carbonyl (C=O) groups is 1. The van der Waals surface area contributed by atoms with Crippen LogP contribution in [0.25, 0.3) is 22.6 Å². The third-order valence-corrected chi connectivity index (χ3v) is 5.71. The summed E-state index contributed by atoms with van der Waals surface area (Å²) < 4.78 is 0. The summed E-state index contributed by atoms with van der Waals surface area (Å²) in [5.41, 5.74) is 4.06. The molecule has 0 atom stereocenters. The molecule has 32 heavy (non-hydrogen) atoms. The highest BCUT2D eigenvalue weighted by atomic mass is 35.5. The lowest BCUT2D eigenvalue weighted by Crippen LogP contribution is -2.27. The molecule has 1 amide bonds. The number of aromatic nitrogens is 3. The molecule has 0 unspecified atom stereocenters. The smallest absolute Gasteiger partial charge is 0.255 e. The lowest BCUT2D eigenvalue weighted by atomic mass is 10.0. The Hall–Kier alpha value is -3.28. The minimum absolute atomic E-state index is 0.239. The quantitative estimate of drug-likeness (QED) is 0.393. The number of carbonyl (C=O) groups excluding carboxylic acids is 1. The minimum atomic E-state index is -0.239. The van der Waals surface area contributed by atoms with Crippen LogP contribution in [0.2, 0.25) is 10.0 Å². The Morgan fingerprint density at radius 3 is 2.47 bits per heavy atom. The van der Waals surface area contributed by atoms with Gasteiger partial charge in [0.2, 0.25) is 0 Å². The van der Waals surface area contributed by atoms with Gasteiger partial charge in [-0.1, -0.05) is 59.6 Å². The maximum absolute atomic E-state index is 13.2. The average molecular weight is 463 g/mol. The fraction of sp³-hybridized carbons (Fsp3) is 0.120. The van der Waals surface area contributed by atoms with Crippen LogP contribution in [-0.2, 0) is 6.42 Å². The van der Waals surface area contributed by atoms with Crippen LogP contribution in [0.4, 0.5) is 0 Å². The van der Waals surface area contributed by atoms with Crippen LogP contribution in [0.15, 0.2) is 73.1 Å². The molecule has 0 bridgehead atoms. The van der Waals surface area contributed by atoms with Gasteiger partial charge < -0.3 is 5.32 Å². The highest BCUT2D eigenvalue weighted by molar-refractivity contribution is 6.42. The summed E-state index contributed by atoms with van der Waals surface area (Å²) in [6.45, 7) is 2.29. The lowest BCUT2D eigenvalue weighted by molar-refractivity contribution is 0.0953. The summed E-state index contributed by atoms with van der Waals surface area (Å²) in [6, 6.07) is 18.9. The molecule has 5 nitrogen and oxygen atoms in total. The van der Waals surface area contributed by atoms with Crippen LogP contribution in [0.1, 0.15) is 21.6 Å². The van der Waals surface area contributed by atoms with E-state index in [9.17, 15) is 4.79 Å². The first-order valence-electron chi connectivity index (χ1n) is 10.1. The van der Waals surface area contributed by atoms with Crippen LogP contribution in [0.5, 0.6) is 0 Å². The van der Waals surface area contributed by atoms with Crippen molar-refractivity contribution in [1.82, 2.24) is 20.3 Å². The molecular formula is C25H20Cl2N4O. The number of nitrogens with one attached hydrogen (secondary N) is 1. The third-order valence-electron chi connectivity index (χ3n) is 4.97. The van der Waals surface area contributed by atoms with E-state index in [1.54, 1.807) is 37.5 Å². The molecule has 0 radical (unpaired) electrons.